The van der Waals surface area contributed by atoms with Crippen molar-refractivity contribution >= 4 is 32.7 Å². The lowest BCUT2D eigenvalue weighted by atomic mass is 10.1. The summed E-state index contributed by atoms with van der Waals surface area (Å²) in [6, 6.07) is 9.43. The normalized spacial score (nSPS) is 11.5. The Kier molecular flexibility index (Phi) is 3.53. The Balaban J connectivity index is 2.28. The number of nitrogen functional groups attached to an aromatic ring is 1. The second kappa shape index (κ2) is 5.40. The van der Waals surface area contributed by atoms with E-state index in [-0.39, 0.29) is 21.8 Å². The molecule has 3 aromatic rings. The molecule has 0 saturated carbocycles. The van der Waals surface area contributed by atoms with Gasteiger partial charge in [0.05, 0.1) is 29.5 Å². The van der Waals surface area contributed by atoms with Crippen molar-refractivity contribution in [3.8, 4) is 0 Å². The first-order valence-corrected chi connectivity index (χ1v) is 8.05. The van der Waals surface area contributed by atoms with Gasteiger partial charge < -0.3 is 10.5 Å². The van der Waals surface area contributed by atoms with Crippen molar-refractivity contribution in [2.45, 2.75) is 4.90 Å². The van der Waals surface area contributed by atoms with Crippen LogP contribution in [0.1, 0.15) is 10.4 Å². The fraction of sp³-hybridized carbons (Fsp3) is 0.0667. The lowest BCUT2D eigenvalue weighted by molar-refractivity contribution is 0.0604. The molecule has 0 fully saturated rings. The van der Waals surface area contributed by atoms with Gasteiger partial charge in [-0.15, -0.1) is 0 Å². The van der Waals surface area contributed by atoms with Crippen LogP contribution in [0.3, 0.4) is 0 Å². The van der Waals surface area contributed by atoms with E-state index in [2.05, 4.69) is 4.98 Å². The molecule has 8 heteroatoms. The third-order valence-electron chi connectivity index (χ3n) is 3.40. The predicted octanol–water partition coefficient (Wildman–Crippen LogP) is 1.64. The summed E-state index contributed by atoms with van der Waals surface area (Å²) in [6.07, 6.45) is 2.58. The number of esters is 1. The van der Waals surface area contributed by atoms with Crippen LogP contribution in [-0.2, 0) is 14.8 Å². The van der Waals surface area contributed by atoms with Gasteiger partial charge in [-0.2, -0.15) is 0 Å². The van der Waals surface area contributed by atoms with Gasteiger partial charge in [-0.25, -0.2) is 22.2 Å². The molecule has 23 heavy (non-hydrogen) atoms. The molecule has 7 nitrogen and oxygen atoms in total. The molecule has 3 rings (SSSR count). The molecule has 0 saturated heterocycles. The smallest absolute Gasteiger partial charge is 0.340 e. The minimum atomic E-state index is -3.82. The first-order valence-electron chi connectivity index (χ1n) is 6.61. The van der Waals surface area contributed by atoms with E-state index in [1.807, 2.05) is 0 Å². The number of rotatable bonds is 3. The van der Waals surface area contributed by atoms with E-state index in [4.69, 9.17) is 10.5 Å². The summed E-state index contributed by atoms with van der Waals surface area (Å²) >= 11 is 0. The van der Waals surface area contributed by atoms with Gasteiger partial charge in [-0.3, -0.25) is 0 Å². The predicted molar refractivity (Wildman–Crippen MR) is 84.5 cm³/mol. The summed E-state index contributed by atoms with van der Waals surface area (Å²) in [4.78, 5) is 16.1. The van der Waals surface area contributed by atoms with Crippen molar-refractivity contribution in [2.75, 3.05) is 12.8 Å². The summed E-state index contributed by atoms with van der Waals surface area (Å²) in [5, 5.41) is 0.316. The van der Waals surface area contributed by atoms with Crippen molar-refractivity contribution in [3.05, 3.63) is 54.4 Å². The molecule has 118 valence electrons. The van der Waals surface area contributed by atoms with Gasteiger partial charge in [0.2, 0.25) is 0 Å². The van der Waals surface area contributed by atoms with E-state index < -0.39 is 16.0 Å². The molecule has 2 heterocycles. The van der Waals surface area contributed by atoms with Crippen molar-refractivity contribution in [1.29, 1.82) is 0 Å². The number of benzene rings is 1. The second-order valence-electron chi connectivity index (χ2n) is 4.75. The topological polar surface area (TPSA) is 104 Å². The largest absolute Gasteiger partial charge is 0.465 e. The third kappa shape index (κ3) is 2.33. The van der Waals surface area contributed by atoms with Crippen LogP contribution in [0.25, 0.3) is 11.0 Å². The average molecular weight is 331 g/mol. The highest BCUT2D eigenvalue weighted by Gasteiger charge is 2.23. The molecule has 1 aromatic carbocycles. The number of carbonyl (C=O) groups excluding carboxylic acids is 1. The van der Waals surface area contributed by atoms with Crippen molar-refractivity contribution in [1.82, 2.24) is 8.96 Å². The first kappa shape index (κ1) is 15.0. The van der Waals surface area contributed by atoms with Crippen molar-refractivity contribution < 1.29 is 17.9 Å². The molecular weight excluding hydrogens is 318 g/mol. The van der Waals surface area contributed by atoms with Gasteiger partial charge >= 0.3 is 5.97 Å². The Morgan fingerprint density at radius 3 is 2.57 bits per heavy atom. The Labute approximate surface area is 132 Å². The van der Waals surface area contributed by atoms with Crippen LogP contribution in [0.4, 0.5) is 5.69 Å². The number of carbonyl (C=O) groups is 1. The fourth-order valence-corrected chi connectivity index (χ4v) is 3.63. The Hall–Kier alpha value is -2.87. The maximum atomic E-state index is 12.7. The van der Waals surface area contributed by atoms with Crippen LogP contribution in [0.5, 0.6) is 0 Å². The number of ether oxygens (including phenoxy) is 1. The number of aromatic nitrogens is 2. The Morgan fingerprint density at radius 1 is 1.22 bits per heavy atom. The van der Waals surface area contributed by atoms with Gasteiger partial charge in [-0.1, -0.05) is 18.2 Å². The zero-order valence-corrected chi connectivity index (χ0v) is 12.9. The van der Waals surface area contributed by atoms with E-state index in [1.165, 1.54) is 37.7 Å². The summed E-state index contributed by atoms with van der Waals surface area (Å²) in [6.45, 7) is 0. The monoisotopic (exact) mass is 331 g/mol. The van der Waals surface area contributed by atoms with E-state index in [0.717, 1.165) is 3.97 Å². The van der Waals surface area contributed by atoms with E-state index in [9.17, 15) is 13.2 Å². The standard InChI is InChI=1S/C15H13N3O4S/c1-22-15(19)13-11-7-8-18(14(11)17-9-12(13)16)23(20,21)10-5-3-2-4-6-10/h2-9H,16H2,1H3. The number of hydrogen-bond donors (Lipinski definition) is 1. The van der Waals surface area contributed by atoms with Crippen LogP contribution < -0.4 is 5.73 Å². The van der Waals surface area contributed by atoms with E-state index in [0.29, 0.717) is 5.39 Å². The second-order valence-corrected chi connectivity index (χ2v) is 6.56. The van der Waals surface area contributed by atoms with Crippen LogP contribution in [-0.4, -0.2) is 30.5 Å². The molecule has 0 aliphatic rings. The number of nitrogens with two attached hydrogens (primary N) is 1. The molecule has 0 spiro atoms. The van der Waals surface area contributed by atoms with E-state index >= 15 is 0 Å². The van der Waals surface area contributed by atoms with Gasteiger partial charge in [0.15, 0.2) is 5.65 Å². The molecule has 0 bridgehead atoms. The number of nitrogens with zero attached hydrogens (tertiary/aromatic N) is 2. The van der Waals surface area contributed by atoms with Crippen LogP contribution in [0.2, 0.25) is 0 Å². The van der Waals surface area contributed by atoms with Gasteiger partial charge in [0, 0.05) is 11.6 Å². The highest BCUT2D eigenvalue weighted by Crippen LogP contribution is 2.26. The number of fused-ring (bicyclic) bond motifs is 1. The Morgan fingerprint density at radius 2 is 1.91 bits per heavy atom. The molecule has 0 aliphatic heterocycles. The molecule has 0 amide bonds. The number of hydrogen-bond acceptors (Lipinski definition) is 6. The van der Waals surface area contributed by atoms with Gasteiger partial charge in [0.1, 0.15) is 0 Å². The summed E-state index contributed by atoms with van der Waals surface area (Å²) in [5.74, 6) is -0.648. The molecule has 0 atom stereocenters. The minimum absolute atomic E-state index is 0.0968. The minimum Gasteiger partial charge on any atom is -0.465 e. The highest BCUT2D eigenvalue weighted by atomic mass is 32.2. The first-order chi connectivity index (χ1) is 11.0. The zero-order chi connectivity index (χ0) is 16.6. The highest BCUT2D eigenvalue weighted by molar-refractivity contribution is 7.90. The zero-order valence-electron chi connectivity index (χ0n) is 12.1. The van der Waals surface area contributed by atoms with E-state index in [1.54, 1.807) is 18.2 Å². The average Bonchev–Trinajstić information content (AvgIpc) is 2.99. The lowest BCUT2D eigenvalue weighted by Crippen LogP contribution is -2.13. The number of anilines is 1. The number of methoxy groups -OCH3 is 1. The fourth-order valence-electron chi connectivity index (χ4n) is 2.31. The summed E-state index contributed by atoms with van der Waals surface area (Å²) < 4.78 is 31.2. The Bertz CT molecular complexity index is 994. The molecule has 2 aromatic heterocycles. The van der Waals surface area contributed by atoms with Crippen molar-refractivity contribution in [2.24, 2.45) is 0 Å². The van der Waals surface area contributed by atoms with Gasteiger partial charge in [-0.05, 0) is 18.2 Å². The molecule has 0 aliphatic carbocycles. The van der Waals surface area contributed by atoms with Crippen molar-refractivity contribution in [3.63, 3.8) is 0 Å². The maximum absolute atomic E-state index is 12.7. The molecule has 0 unspecified atom stereocenters. The van der Waals surface area contributed by atoms with Gasteiger partial charge in [0.25, 0.3) is 10.0 Å². The summed E-state index contributed by atoms with van der Waals surface area (Å²) in [5.41, 5.74) is 6.11. The maximum Gasteiger partial charge on any atom is 0.340 e. The third-order valence-corrected chi connectivity index (χ3v) is 5.08. The SMILES string of the molecule is COC(=O)c1c(N)cnc2c1ccn2S(=O)(=O)c1ccccc1. The quantitative estimate of drug-likeness (QED) is 0.732. The number of pyridine rings is 1. The van der Waals surface area contributed by atoms with Crippen LogP contribution in [0, 0.1) is 0 Å². The molecule has 0 radical (unpaired) electrons. The lowest BCUT2D eigenvalue weighted by Gasteiger charge is -2.08. The molecule has 2 N–H and O–H groups in total. The van der Waals surface area contributed by atoms with Crippen LogP contribution >= 0.6 is 0 Å². The van der Waals surface area contributed by atoms with Crippen LogP contribution in [0.15, 0.2) is 53.7 Å². The summed E-state index contributed by atoms with van der Waals surface area (Å²) in [7, 11) is -2.60. The molecular formula is C15H13N3O4S.